The second-order valence-electron chi connectivity index (χ2n) is 6.94. The maximum atomic E-state index is 6.35. The maximum absolute atomic E-state index is 6.35. The van der Waals surface area contributed by atoms with E-state index < -0.39 is 0 Å². The molecule has 0 heterocycles. The van der Waals surface area contributed by atoms with Gasteiger partial charge in [0.25, 0.3) is 0 Å². The summed E-state index contributed by atoms with van der Waals surface area (Å²) in [5.41, 5.74) is 1.21. The van der Waals surface area contributed by atoms with E-state index in [1.165, 1.54) is 24.8 Å². The van der Waals surface area contributed by atoms with Crippen LogP contribution in [0.2, 0.25) is 10.0 Å². The Morgan fingerprint density at radius 1 is 1.19 bits per heavy atom. The zero-order valence-corrected chi connectivity index (χ0v) is 14.8. The van der Waals surface area contributed by atoms with Crippen LogP contribution in [0.4, 0.5) is 0 Å². The predicted molar refractivity (Wildman–Crippen MR) is 93.3 cm³/mol. The van der Waals surface area contributed by atoms with Gasteiger partial charge in [0, 0.05) is 16.1 Å². The summed E-state index contributed by atoms with van der Waals surface area (Å²) < 4.78 is 0. The Labute approximate surface area is 139 Å². The highest BCUT2D eigenvalue weighted by atomic mass is 35.5. The monoisotopic (exact) mass is 327 g/mol. The molecule has 0 aromatic heterocycles. The molecule has 0 saturated heterocycles. The number of hydrogen-bond donors (Lipinski definition) is 1. The molecule has 1 aliphatic carbocycles. The molecule has 21 heavy (non-hydrogen) atoms. The van der Waals surface area contributed by atoms with Crippen molar-refractivity contribution in [2.24, 2.45) is 17.8 Å². The molecule has 0 amide bonds. The van der Waals surface area contributed by atoms with E-state index in [1.807, 2.05) is 18.2 Å². The Hall–Kier alpha value is -0.240. The molecule has 1 fully saturated rings. The van der Waals surface area contributed by atoms with E-state index in [0.717, 1.165) is 34.8 Å². The lowest BCUT2D eigenvalue weighted by molar-refractivity contribution is 0.181. The standard InChI is InChI=1S/C18H27Cl2N/c1-12(2)21-11-14-5-4-13(3)8-15(14)9-16-10-17(19)6-7-18(16)20/h6-7,10,12-15,21H,4-5,8-9,11H2,1-3H3. The molecule has 0 radical (unpaired) electrons. The van der Waals surface area contributed by atoms with Crippen molar-refractivity contribution in [2.75, 3.05) is 6.54 Å². The van der Waals surface area contributed by atoms with Crippen molar-refractivity contribution in [3.05, 3.63) is 33.8 Å². The normalized spacial score (nSPS) is 26.3. The van der Waals surface area contributed by atoms with Crippen LogP contribution in [0, 0.1) is 17.8 Å². The molecule has 1 aliphatic rings. The summed E-state index contributed by atoms with van der Waals surface area (Å²) in [5.74, 6) is 2.28. The highest BCUT2D eigenvalue weighted by Crippen LogP contribution is 2.37. The van der Waals surface area contributed by atoms with Crippen LogP contribution in [0.15, 0.2) is 18.2 Å². The summed E-state index contributed by atoms with van der Waals surface area (Å²) in [6.07, 6.45) is 5.02. The molecular formula is C18H27Cl2N. The van der Waals surface area contributed by atoms with Gasteiger partial charge in [-0.3, -0.25) is 0 Å². The van der Waals surface area contributed by atoms with Crippen LogP contribution < -0.4 is 5.32 Å². The molecule has 2 rings (SSSR count). The van der Waals surface area contributed by atoms with Gasteiger partial charge in [0.1, 0.15) is 0 Å². The Kier molecular flexibility index (Phi) is 6.40. The van der Waals surface area contributed by atoms with Gasteiger partial charge in [0.05, 0.1) is 0 Å². The molecule has 1 nitrogen and oxygen atoms in total. The van der Waals surface area contributed by atoms with Gasteiger partial charge in [-0.15, -0.1) is 0 Å². The molecule has 0 bridgehead atoms. The van der Waals surface area contributed by atoms with Crippen molar-refractivity contribution in [3.63, 3.8) is 0 Å². The van der Waals surface area contributed by atoms with Crippen molar-refractivity contribution in [2.45, 2.75) is 52.5 Å². The first-order valence-electron chi connectivity index (χ1n) is 8.13. The third-order valence-corrected chi connectivity index (χ3v) is 5.28. The van der Waals surface area contributed by atoms with Crippen molar-refractivity contribution in [1.29, 1.82) is 0 Å². The predicted octanol–water partition coefficient (Wildman–Crippen LogP) is 5.59. The van der Waals surface area contributed by atoms with Gasteiger partial charge in [-0.1, -0.05) is 50.4 Å². The molecule has 1 aromatic carbocycles. The van der Waals surface area contributed by atoms with Gasteiger partial charge in [-0.05, 0) is 67.3 Å². The molecule has 118 valence electrons. The lowest BCUT2D eigenvalue weighted by atomic mass is 9.72. The molecule has 0 aliphatic heterocycles. The summed E-state index contributed by atoms with van der Waals surface area (Å²) in [6, 6.07) is 6.39. The van der Waals surface area contributed by atoms with Crippen LogP contribution in [0.5, 0.6) is 0 Å². The summed E-state index contributed by atoms with van der Waals surface area (Å²) in [5, 5.41) is 5.25. The Bertz CT molecular complexity index is 459. The van der Waals surface area contributed by atoms with Gasteiger partial charge in [0.2, 0.25) is 0 Å². The largest absolute Gasteiger partial charge is 0.314 e. The first kappa shape index (κ1) is 17.1. The lowest BCUT2D eigenvalue weighted by Crippen LogP contribution is -2.36. The highest BCUT2D eigenvalue weighted by Gasteiger charge is 2.29. The summed E-state index contributed by atoms with van der Waals surface area (Å²) >= 11 is 12.5. The first-order chi connectivity index (χ1) is 9.95. The third-order valence-electron chi connectivity index (χ3n) is 4.68. The topological polar surface area (TPSA) is 12.0 Å². The van der Waals surface area contributed by atoms with E-state index in [2.05, 4.69) is 26.1 Å². The Morgan fingerprint density at radius 2 is 1.95 bits per heavy atom. The fourth-order valence-corrected chi connectivity index (χ4v) is 3.84. The Morgan fingerprint density at radius 3 is 2.67 bits per heavy atom. The second kappa shape index (κ2) is 7.85. The molecule has 3 heteroatoms. The second-order valence-corrected chi connectivity index (χ2v) is 7.78. The van der Waals surface area contributed by atoms with Crippen LogP contribution >= 0.6 is 23.2 Å². The zero-order chi connectivity index (χ0) is 15.4. The summed E-state index contributed by atoms with van der Waals surface area (Å²) in [6.45, 7) is 7.93. The molecule has 1 saturated carbocycles. The highest BCUT2D eigenvalue weighted by molar-refractivity contribution is 6.33. The van der Waals surface area contributed by atoms with Crippen LogP contribution in [-0.2, 0) is 6.42 Å². The molecule has 1 aromatic rings. The minimum Gasteiger partial charge on any atom is -0.314 e. The number of benzene rings is 1. The van der Waals surface area contributed by atoms with Gasteiger partial charge in [-0.25, -0.2) is 0 Å². The van der Waals surface area contributed by atoms with Gasteiger partial charge < -0.3 is 5.32 Å². The van der Waals surface area contributed by atoms with Crippen LogP contribution in [0.3, 0.4) is 0 Å². The first-order valence-corrected chi connectivity index (χ1v) is 8.88. The van der Waals surface area contributed by atoms with E-state index >= 15 is 0 Å². The molecular weight excluding hydrogens is 301 g/mol. The number of halogens is 2. The quantitative estimate of drug-likeness (QED) is 0.743. The van der Waals surface area contributed by atoms with Crippen LogP contribution in [0.25, 0.3) is 0 Å². The lowest BCUT2D eigenvalue weighted by Gasteiger charge is -2.36. The Balaban J connectivity index is 2.07. The van der Waals surface area contributed by atoms with Crippen molar-refractivity contribution in [1.82, 2.24) is 5.32 Å². The third kappa shape index (κ3) is 5.16. The van der Waals surface area contributed by atoms with Crippen LogP contribution in [0.1, 0.15) is 45.6 Å². The van der Waals surface area contributed by atoms with Crippen molar-refractivity contribution >= 4 is 23.2 Å². The van der Waals surface area contributed by atoms with Gasteiger partial charge in [0.15, 0.2) is 0 Å². The average molecular weight is 328 g/mol. The van der Waals surface area contributed by atoms with E-state index in [4.69, 9.17) is 23.2 Å². The SMILES string of the molecule is CC1CCC(CNC(C)C)C(Cc2cc(Cl)ccc2Cl)C1. The van der Waals surface area contributed by atoms with Crippen molar-refractivity contribution < 1.29 is 0 Å². The number of nitrogens with one attached hydrogen (secondary N) is 1. The molecule has 3 atom stereocenters. The summed E-state index contributed by atoms with van der Waals surface area (Å²) in [4.78, 5) is 0. The van der Waals surface area contributed by atoms with E-state index in [1.54, 1.807) is 0 Å². The van der Waals surface area contributed by atoms with Gasteiger partial charge in [-0.2, -0.15) is 0 Å². The molecule has 1 N–H and O–H groups in total. The number of hydrogen-bond acceptors (Lipinski definition) is 1. The minimum atomic E-state index is 0.555. The minimum absolute atomic E-state index is 0.555. The smallest absolute Gasteiger partial charge is 0.0439 e. The van der Waals surface area contributed by atoms with Crippen LogP contribution in [-0.4, -0.2) is 12.6 Å². The average Bonchev–Trinajstić information content (AvgIpc) is 2.42. The van der Waals surface area contributed by atoms with Gasteiger partial charge >= 0.3 is 0 Å². The fraction of sp³-hybridized carbons (Fsp3) is 0.667. The van der Waals surface area contributed by atoms with E-state index in [0.29, 0.717) is 12.0 Å². The molecule has 0 spiro atoms. The molecule has 3 unspecified atom stereocenters. The van der Waals surface area contributed by atoms with Crippen molar-refractivity contribution in [3.8, 4) is 0 Å². The van der Waals surface area contributed by atoms with E-state index in [-0.39, 0.29) is 0 Å². The zero-order valence-electron chi connectivity index (χ0n) is 13.3. The number of rotatable bonds is 5. The fourth-order valence-electron chi connectivity index (χ4n) is 3.45. The summed E-state index contributed by atoms with van der Waals surface area (Å²) in [7, 11) is 0. The maximum Gasteiger partial charge on any atom is 0.0439 e. The van der Waals surface area contributed by atoms with E-state index in [9.17, 15) is 0 Å².